The number of Topliss-reactive ketones (excluding diaryl/α,β-unsaturated/α-hetero) is 1. The SMILES string of the molecule is CC(=O)[C@@]1(OC(=O)CCCCl)CC[C@H]2[C@@H]3CCC4=CC(=O)CC[C@@H]4[C@H]3CC[C@@]21C. The Balaban J connectivity index is 1.59. The van der Waals surface area contributed by atoms with Crippen molar-refractivity contribution in [3.05, 3.63) is 11.6 Å². The van der Waals surface area contributed by atoms with Crippen LogP contribution < -0.4 is 0 Å². The lowest BCUT2D eigenvalue weighted by molar-refractivity contribution is -0.187. The Kier molecular flexibility index (Phi) is 5.69. The van der Waals surface area contributed by atoms with E-state index >= 15 is 0 Å². The van der Waals surface area contributed by atoms with Gasteiger partial charge in [0.2, 0.25) is 0 Å². The molecule has 0 aliphatic heterocycles. The highest BCUT2D eigenvalue weighted by atomic mass is 35.5. The van der Waals surface area contributed by atoms with Gasteiger partial charge in [-0.25, -0.2) is 0 Å². The maximum atomic E-state index is 12.9. The van der Waals surface area contributed by atoms with Crippen molar-refractivity contribution in [1.29, 1.82) is 0 Å². The van der Waals surface area contributed by atoms with Crippen molar-refractivity contribution in [3.63, 3.8) is 0 Å². The summed E-state index contributed by atoms with van der Waals surface area (Å²) in [4.78, 5) is 37.3. The quantitative estimate of drug-likeness (QED) is 0.463. The van der Waals surface area contributed by atoms with E-state index in [0.29, 0.717) is 48.8 Å². The van der Waals surface area contributed by atoms with Crippen LogP contribution in [0.3, 0.4) is 0 Å². The van der Waals surface area contributed by atoms with Gasteiger partial charge in [-0.1, -0.05) is 12.5 Å². The zero-order valence-electron chi connectivity index (χ0n) is 17.7. The van der Waals surface area contributed by atoms with E-state index in [-0.39, 0.29) is 29.4 Å². The second-order valence-electron chi connectivity index (χ2n) is 9.95. The van der Waals surface area contributed by atoms with Crippen LogP contribution in [0.25, 0.3) is 0 Å². The summed E-state index contributed by atoms with van der Waals surface area (Å²) in [5.74, 6) is 2.54. The summed E-state index contributed by atoms with van der Waals surface area (Å²) in [6.07, 6.45) is 10.1. The molecule has 4 rings (SSSR count). The van der Waals surface area contributed by atoms with Crippen LogP contribution in [0.15, 0.2) is 11.6 Å². The van der Waals surface area contributed by atoms with Crippen molar-refractivity contribution in [3.8, 4) is 0 Å². The number of ketones is 2. The molecule has 0 amide bonds. The van der Waals surface area contributed by atoms with Crippen LogP contribution in [-0.4, -0.2) is 29.0 Å². The summed E-state index contributed by atoms with van der Waals surface area (Å²) < 4.78 is 6.03. The van der Waals surface area contributed by atoms with Crippen LogP contribution in [0.5, 0.6) is 0 Å². The molecular weight excluding hydrogens is 388 g/mol. The van der Waals surface area contributed by atoms with Gasteiger partial charge in [0, 0.05) is 24.1 Å². The second kappa shape index (κ2) is 7.83. The van der Waals surface area contributed by atoms with E-state index < -0.39 is 5.60 Å². The smallest absolute Gasteiger partial charge is 0.306 e. The van der Waals surface area contributed by atoms with E-state index in [9.17, 15) is 14.4 Å². The Morgan fingerprint density at radius 1 is 1.14 bits per heavy atom. The number of carbonyl (C=O) groups excluding carboxylic acids is 3. The van der Waals surface area contributed by atoms with Crippen molar-refractivity contribution < 1.29 is 19.1 Å². The molecule has 0 aromatic heterocycles. The zero-order valence-corrected chi connectivity index (χ0v) is 18.4. The van der Waals surface area contributed by atoms with Crippen molar-refractivity contribution in [2.75, 3.05) is 5.88 Å². The third-order valence-electron chi connectivity index (χ3n) is 8.79. The van der Waals surface area contributed by atoms with E-state index in [4.69, 9.17) is 16.3 Å². The Labute approximate surface area is 178 Å². The number of hydrogen-bond acceptors (Lipinski definition) is 4. The lowest BCUT2D eigenvalue weighted by Crippen LogP contribution is -2.57. The van der Waals surface area contributed by atoms with E-state index in [2.05, 4.69) is 6.92 Å². The molecule has 0 radical (unpaired) electrons. The molecule has 4 aliphatic carbocycles. The number of carbonyl (C=O) groups is 3. The summed E-state index contributed by atoms with van der Waals surface area (Å²) in [5.41, 5.74) is 0.0990. The van der Waals surface area contributed by atoms with E-state index in [1.165, 1.54) is 5.57 Å². The summed E-state index contributed by atoms with van der Waals surface area (Å²) in [7, 11) is 0. The molecule has 4 nitrogen and oxygen atoms in total. The first-order chi connectivity index (χ1) is 13.8. The van der Waals surface area contributed by atoms with Gasteiger partial charge in [0.05, 0.1) is 0 Å². The van der Waals surface area contributed by atoms with Crippen LogP contribution in [0.4, 0.5) is 0 Å². The Hall–Kier alpha value is -1.16. The predicted molar refractivity (Wildman–Crippen MR) is 112 cm³/mol. The van der Waals surface area contributed by atoms with Crippen LogP contribution in [0.1, 0.15) is 78.1 Å². The minimum Gasteiger partial charge on any atom is -0.450 e. The molecule has 0 saturated heterocycles. The van der Waals surface area contributed by atoms with Crippen molar-refractivity contribution in [1.82, 2.24) is 0 Å². The first kappa shape index (κ1) is 21.1. The molecular formula is C24H33ClO4. The van der Waals surface area contributed by atoms with Gasteiger partial charge in [0.15, 0.2) is 17.2 Å². The van der Waals surface area contributed by atoms with E-state index in [1.807, 2.05) is 6.08 Å². The molecule has 3 saturated carbocycles. The monoisotopic (exact) mass is 420 g/mol. The topological polar surface area (TPSA) is 60.4 Å². The van der Waals surface area contributed by atoms with Crippen LogP contribution >= 0.6 is 11.6 Å². The maximum Gasteiger partial charge on any atom is 0.306 e. The molecule has 0 aromatic rings. The summed E-state index contributed by atoms with van der Waals surface area (Å²) >= 11 is 5.74. The van der Waals surface area contributed by atoms with Crippen LogP contribution in [0, 0.1) is 29.1 Å². The summed E-state index contributed by atoms with van der Waals surface area (Å²) in [6.45, 7) is 3.80. The van der Waals surface area contributed by atoms with Gasteiger partial charge in [-0.05, 0) is 88.0 Å². The summed E-state index contributed by atoms with van der Waals surface area (Å²) in [6, 6.07) is 0. The van der Waals surface area contributed by atoms with Gasteiger partial charge in [-0.2, -0.15) is 0 Å². The molecule has 0 N–H and O–H groups in total. The zero-order chi connectivity index (χ0) is 20.8. The predicted octanol–water partition coefficient (Wildman–Crippen LogP) is 5.02. The second-order valence-corrected chi connectivity index (χ2v) is 10.3. The fraction of sp³-hybridized carbons (Fsp3) is 0.792. The fourth-order valence-corrected chi connectivity index (χ4v) is 7.59. The molecule has 5 heteroatoms. The van der Waals surface area contributed by atoms with Gasteiger partial charge < -0.3 is 4.74 Å². The third-order valence-corrected chi connectivity index (χ3v) is 9.06. The molecule has 0 spiro atoms. The fourth-order valence-electron chi connectivity index (χ4n) is 7.45. The number of fused-ring (bicyclic) bond motifs is 5. The molecule has 6 atom stereocenters. The molecule has 0 heterocycles. The highest BCUT2D eigenvalue weighted by Crippen LogP contribution is 2.66. The van der Waals surface area contributed by atoms with Crippen LogP contribution in [0.2, 0.25) is 0 Å². The van der Waals surface area contributed by atoms with Gasteiger partial charge in [-0.3, -0.25) is 14.4 Å². The van der Waals surface area contributed by atoms with Gasteiger partial charge >= 0.3 is 5.97 Å². The maximum absolute atomic E-state index is 12.9. The Morgan fingerprint density at radius 2 is 1.93 bits per heavy atom. The Bertz CT molecular complexity index is 743. The highest BCUT2D eigenvalue weighted by molar-refractivity contribution is 6.17. The molecule has 29 heavy (non-hydrogen) atoms. The number of allylic oxidation sites excluding steroid dienone is 1. The number of hydrogen-bond donors (Lipinski definition) is 0. The van der Waals surface area contributed by atoms with E-state index in [1.54, 1.807) is 6.92 Å². The third kappa shape index (κ3) is 3.30. The molecule has 4 aliphatic rings. The van der Waals surface area contributed by atoms with Crippen molar-refractivity contribution in [2.24, 2.45) is 29.1 Å². The van der Waals surface area contributed by atoms with Gasteiger partial charge in [0.1, 0.15) is 0 Å². The highest BCUT2D eigenvalue weighted by Gasteiger charge is 2.66. The van der Waals surface area contributed by atoms with E-state index in [0.717, 1.165) is 38.5 Å². The lowest BCUT2D eigenvalue weighted by atomic mass is 9.50. The standard InChI is InChI=1S/C24H33ClO4/c1-15(26)24(29-22(28)4-3-13-25)12-10-21-20-7-5-16-14-17(27)6-8-18(16)19(20)9-11-23(21,24)2/h14,18-21H,3-13H2,1-2H3/t18-,19+,20+,21-,23-,24-/m0/s1. The van der Waals surface area contributed by atoms with Crippen molar-refractivity contribution in [2.45, 2.75) is 83.7 Å². The first-order valence-electron chi connectivity index (χ1n) is 11.3. The number of rotatable bonds is 5. The molecule has 160 valence electrons. The summed E-state index contributed by atoms with van der Waals surface area (Å²) in [5, 5.41) is 0. The largest absolute Gasteiger partial charge is 0.450 e. The van der Waals surface area contributed by atoms with Gasteiger partial charge in [-0.15, -0.1) is 11.6 Å². The number of esters is 1. The molecule has 0 aromatic carbocycles. The van der Waals surface area contributed by atoms with Gasteiger partial charge in [0.25, 0.3) is 0 Å². The number of ether oxygens (including phenoxy) is 1. The molecule has 0 unspecified atom stereocenters. The molecule has 0 bridgehead atoms. The minimum absolute atomic E-state index is 0.000157. The molecule has 3 fully saturated rings. The average Bonchev–Trinajstić information content (AvgIpc) is 2.99. The van der Waals surface area contributed by atoms with Crippen LogP contribution in [-0.2, 0) is 19.1 Å². The normalized spacial score (nSPS) is 41.1. The average molecular weight is 421 g/mol. The number of alkyl halides is 1. The van der Waals surface area contributed by atoms with Crippen molar-refractivity contribution >= 4 is 29.1 Å². The minimum atomic E-state index is -0.981. The Morgan fingerprint density at radius 3 is 2.66 bits per heavy atom. The lowest BCUT2D eigenvalue weighted by Gasteiger charge is -2.55. The number of halogens is 1. The first-order valence-corrected chi connectivity index (χ1v) is 11.9.